The van der Waals surface area contributed by atoms with E-state index in [9.17, 15) is 10.2 Å². The molecule has 0 aliphatic carbocycles. The maximum Gasteiger partial charge on any atom is 0.223 e. The molecule has 2 saturated heterocycles. The van der Waals surface area contributed by atoms with Gasteiger partial charge in [0.15, 0.2) is 5.82 Å². The summed E-state index contributed by atoms with van der Waals surface area (Å²) in [6.07, 6.45) is 3.19. The number of aliphatic hydroxyl groups excluding tert-OH is 1. The van der Waals surface area contributed by atoms with E-state index in [1.807, 2.05) is 18.4 Å². The van der Waals surface area contributed by atoms with Gasteiger partial charge in [-0.2, -0.15) is 0 Å². The molecule has 182 valence electrons. The van der Waals surface area contributed by atoms with E-state index in [0.717, 1.165) is 12.8 Å². The average Bonchev–Trinajstić information content (AvgIpc) is 3.35. The van der Waals surface area contributed by atoms with Crippen LogP contribution < -0.4 is 5.32 Å². The molecule has 3 N–H and O–H groups in total. The number of rotatable bonds is 5. The van der Waals surface area contributed by atoms with Gasteiger partial charge in [0.2, 0.25) is 5.95 Å². The second-order valence-electron chi connectivity index (χ2n) is 10.0. The van der Waals surface area contributed by atoms with E-state index in [1.165, 1.54) is 12.3 Å². The lowest BCUT2D eigenvalue weighted by Gasteiger charge is -2.33. The van der Waals surface area contributed by atoms with Crippen molar-refractivity contribution < 1.29 is 19.3 Å². The maximum absolute atomic E-state index is 15.2. The van der Waals surface area contributed by atoms with Crippen LogP contribution in [0.1, 0.15) is 58.8 Å². The molecule has 3 aromatic rings. The summed E-state index contributed by atoms with van der Waals surface area (Å²) in [4.78, 5) is 13.3. The molecule has 4 heterocycles. The van der Waals surface area contributed by atoms with Gasteiger partial charge >= 0.3 is 0 Å². The number of anilines is 1. The Balaban J connectivity index is 1.55. The normalized spacial score (nSPS) is 24.9. The molecule has 0 radical (unpaired) electrons. The fourth-order valence-electron chi connectivity index (χ4n) is 5.03. The molecular weight excluding hydrogens is 461 g/mol. The second-order valence-corrected chi connectivity index (χ2v) is 10.4. The fourth-order valence-corrected chi connectivity index (χ4v) is 5.23. The van der Waals surface area contributed by atoms with E-state index in [4.69, 9.17) is 16.3 Å². The van der Waals surface area contributed by atoms with Gasteiger partial charge in [-0.05, 0) is 59.1 Å². The van der Waals surface area contributed by atoms with Crippen LogP contribution in [0.3, 0.4) is 0 Å². The summed E-state index contributed by atoms with van der Waals surface area (Å²) >= 11 is 6.44. The minimum Gasteiger partial charge on any atom is -0.388 e. The monoisotopic (exact) mass is 489 g/mol. The highest BCUT2D eigenvalue weighted by atomic mass is 35.5. The van der Waals surface area contributed by atoms with Crippen molar-refractivity contribution >= 4 is 28.6 Å². The lowest BCUT2D eigenvalue weighted by atomic mass is 10.0. The van der Waals surface area contributed by atoms with Crippen molar-refractivity contribution in [3.63, 3.8) is 0 Å². The van der Waals surface area contributed by atoms with Crippen molar-refractivity contribution in [1.82, 2.24) is 19.5 Å². The number of aromatic nitrogens is 4. The van der Waals surface area contributed by atoms with Crippen molar-refractivity contribution in [1.29, 1.82) is 0 Å². The Bertz CT molecular complexity index is 1240. The topological polar surface area (TPSA) is 105 Å². The fraction of sp³-hybridized carbons (Fsp3) is 0.542. The first kappa shape index (κ1) is 23.4. The number of ether oxygens (including phenoxy) is 1. The predicted octanol–water partition coefficient (Wildman–Crippen LogP) is 4.19. The molecule has 0 spiro atoms. The van der Waals surface area contributed by atoms with Gasteiger partial charge in [-0.3, -0.25) is 0 Å². The Morgan fingerprint density at radius 3 is 2.74 bits per heavy atom. The zero-order valence-corrected chi connectivity index (χ0v) is 20.3. The highest BCUT2D eigenvalue weighted by Gasteiger charge is 2.42. The molecule has 0 saturated carbocycles. The molecule has 0 amide bonds. The van der Waals surface area contributed by atoms with Gasteiger partial charge in [-0.1, -0.05) is 11.6 Å². The van der Waals surface area contributed by atoms with Gasteiger partial charge in [0, 0.05) is 11.6 Å². The Hall–Kier alpha value is -2.33. The number of hydrogen-bond acceptors (Lipinski definition) is 7. The third-order valence-corrected chi connectivity index (χ3v) is 6.87. The highest BCUT2D eigenvalue weighted by Crippen LogP contribution is 2.36. The van der Waals surface area contributed by atoms with Crippen molar-refractivity contribution in [2.45, 2.75) is 83.0 Å². The second kappa shape index (κ2) is 8.41. The van der Waals surface area contributed by atoms with Gasteiger partial charge in [0.25, 0.3) is 0 Å². The third-order valence-electron chi connectivity index (χ3n) is 6.59. The van der Waals surface area contributed by atoms with Crippen LogP contribution in [-0.4, -0.2) is 54.1 Å². The van der Waals surface area contributed by atoms with Crippen molar-refractivity contribution in [3.05, 3.63) is 35.0 Å². The summed E-state index contributed by atoms with van der Waals surface area (Å²) in [7, 11) is 0. The molecule has 2 aliphatic rings. The first-order valence-corrected chi connectivity index (χ1v) is 12.0. The van der Waals surface area contributed by atoms with Crippen molar-refractivity contribution in [2.24, 2.45) is 0 Å². The molecule has 4 atom stereocenters. The summed E-state index contributed by atoms with van der Waals surface area (Å²) in [5.41, 5.74) is 0.313. The van der Waals surface area contributed by atoms with E-state index in [1.54, 1.807) is 19.9 Å². The van der Waals surface area contributed by atoms with E-state index in [-0.39, 0.29) is 34.8 Å². The zero-order chi connectivity index (χ0) is 24.4. The molecule has 2 aliphatic heterocycles. The Morgan fingerprint density at radius 2 is 2.03 bits per heavy atom. The first-order valence-electron chi connectivity index (χ1n) is 11.6. The summed E-state index contributed by atoms with van der Waals surface area (Å²) in [6.45, 7) is 7.16. The summed E-state index contributed by atoms with van der Waals surface area (Å²) in [5.74, 6) is 0.158. The Labute approximate surface area is 202 Å². The Morgan fingerprint density at radius 1 is 1.26 bits per heavy atom. The van der Waals surface area contributed by atoms with Crippen LogP contribution in [-0.2, 0) is 10.3 Å². The van der Waals surface area contributed by atoms with Crippen LogP contribution in [0.15, 0.2) is 18.3 Å². The minimum absolute atomic E-state index is 0.0652. The molecular formula is C24H29ClFN5O3. The standard InChI is InChI=1S/C24H29ClFN5O3/c1-11(2)31-17-8-12(7-15(26)20(17)29-22(31)24(3,4)33)19-14(25)10-27-23(30-19)28-16-9-13-5-6-18(34-13)21(16)32/h7-8,10-11,13,16,18,21,32-33H,5-6,9H2,1-4H3,(H,27,28,30)/t13-,16-,18+,21+/m0/s1. The maximum atomic E-state index is 15.2. The summed E-state index contributed by atoms with van der Waals surface area (Å²) in [6, 6.07) is 2.82. The number of nitrogens with one attached hydrogen (secondary N) is 1. The lowest BCUT2D eigenvalue weighted by Crippen LogP contribution is -2.47. The van der Waals surface area contributed by atoms with E-state index in [2.05, 4.69) is 20.3 Å². The SMILES string of the molecule is CC(C)n1c(C(C)(C)O)nc2c(F)cc(-c3nc(N[C@H]4C[C@@H]5CC[C@@H](O5)[C@@H]4O)ncc3Cl)cc21. The molecule has 2 aromatic heterocycles. The molecule has 2 fully saturated rings. The molecule has 5 rings (SSSR count). The lowest BCUT2D eigenvalue weighted by molar-refractivity contribution is -0.0811. The summed E-state index contributed by atoms with van der Waals surface area (Å²) in [5, 5.41) is 24.7. The largest absolute Gasteiger partial charge is 0.388 e. The average molecular weight is 490 g/mol. The zero-order valence-electron chi connectivity index (χ0n) is 19.6. The van der Waals surface area contributed by atoms with Crippen LogP contribution in [0.5, 0.6) is 0 Å². The number of halogens is 2. The molecule has 8 nitrogen and oxygen atoms in total. The van der Waals surface area contributed by atoms with Crippen molar-refractivity contribution in [2.75, 3.05) is 5.32 Å². The van der Waals surface area contributed by atoms with Gasteiger partial charge in [-0.15, -0.1) is 0 Å². The van der Waals surface area contributed by atoms with Crippen LogP contribution in [0.25, 0.3) is 22.3 Å². The third kappa shape index (κ3) is 4.04. The number of aliphatic hydroxyl groups is 2. The predicted molar refractivity (Wildman–Crippen MR) is 127 cm³/mol. The smallest absolute Gasteiger partial charge is 0.223 e. The van der Waals surface area contributed by atoms with Crippen LogP contribution in [0, 0.1) is 5.82 Å². The molecule has 2 bridgehead atoms. The van der Waals surface area contributed by atoms with Gasteiger partial charge in [-0.25, -0.2) is 19.3 Å². The Kier molecular flexibility index (Phi) is 5.79. The van der Waals surface area contributed by atoms with Gasteiger partial charge in [0.05, 0.1) is 40.7 Å². The van der Waals surface area contributed by atoms with E-state index < -0.39 is 17.5 Å². The molecule has 10 heteroatoms. The van der Waals surface area contributed by atoms with E-state index in [0.29, 0.717) is 35.0 Å². The van der Waals surface area contributed by atoms with E-state index >= 15 is 4.39 Å². The van der Waals surface area contributed by atoms with Crippen molar-refractivity contribution in [3.8, 4) is 11.3 Å². The highest BCUT2D eigenvalue weighted by molar-refractivity contribution is 6.33. The minimum atomic E-state index is -1.25. The molecule has 34 heavy (non-hydrogen) atoms. The number of benzene rings is 1. The number of hydrogen-bond donors (Lipinski definition) is 3. The molecule has 0 unspecified atom stereocenters. The first-order chi connectivity index (χ1) is 16.0. The number of fused-ring (bicyclic) bond motifs is 3. The van der Waals surface area contributed by atoms with Crippen LogP contribution >= 0.6 is 11.6 Å². The number of imidazole rings is 1. The molecule has 1 aromatic carbocycles. The van der Waals surface area contributed by atoms with Gasteiger partial charge < -0.3 is 24.8 Å². The van der Waals surface area contributed by atoms with Crippen LogP contribution in [0.2, 0.25) is 5.02 Å². The van der Waals surface area contributed by atoms with Gasteiger partial charge in [0.1, 0.15) is 23.0 Å². The summed E-state index contributed by atoms with van der Waals surface area (Å²) < 4.78 is 22.8. The van der Waals surface area contributed by atoms with Crippen LogP contribution in [0.4, 0.5) is 10.3 Å². The quantitative estimate of drug-likeness (QED) is 0.493. The number of nitrogens with zero attached hydrogens (tertiary/aromatic N) is 4.